The molecule has 0 heterocycles. The number of carbonyl (C=O) groups is 2. The molecule has 0 atom stereocenters. The van der Waals surface area contributed by atoms with E-state index in [1.165, 1.54) is 0 Å². The minimum Gasteiger partial charge on any atom is -0.478 e. The topological polar surface area (TPSA) is 91.3 Å². The average Bonchev–Trinajstić information content (AvgIpc) is 2.50. The van der Waals surface area contributed by atoms with E-state index in [4.69, 9.17) is 17.5 Å². The van der Waals surface area contributed by atoms with Gasteiger partial charge in [0, 0.05) is 17.7 Å². The third kappa shape index (κ3) is 14.7. The van der Waals surface area contributed by atoms with Gasteiger partial charge in [-0.25, -0.2) is 9.59 Å². The Kier molecular flexibility index (Phi) is 11.9. The predicted molar refractivity (Wildman–Crippen MR) is 131 cm³/mol. The maximum absolute atomic E-state index is 12.8. The minimum absolute atomic E-state index is 0.0530. The van der Waals surface area contributed by atoms with E-state index in [1.54, 1.807) is 0 Å². The number of esters is 1. The highest BCUT2D eigenvalue weighted by atomic mass is 28.5. The predicted octanol–water partition coefficient (Wildman–Crippen LogP) is 6.31. The molecule has 0 radical (unpaired) electrons. The third-order valence-electron chi connectivity index (χ3n) is 3.69. The molecule has 0 rings (SSSR count). The van der Waals surface area contributed by atoms with E-state index >= 15 is 0 Å². The maximum atomic E-state index is 12.8. The molecule has 0 aliphatic heterocycles. The van der Waals surface area contributed by atoms with Gasteiger partial charge in [0.25, 0.3) is 6.10 Å². The second-order valence-corrected chi connectivity index (χ2v) is 28.0. The molecule has 0 aliphatic rings. The number of halogens is 6. The van der Waals surface area contributed by atoms with Crippen molar-refractivity contribution in [2.75, 3.05) is 0 Å². The Balaban J connectivity index is 6.05. The van der Waals surface area contributed by atoms with Crippen LogP contribution in [0.2, 0.25) is 65.0 Å². The summed E-state index contributed by atoms with van der Waals surface area (Å²) in [5, 5.41) is 9.03. The number of carbonyl (C=O) groups excluding carboxylic acids is 1. The zero-order valence-corrected chi connectivity index (χ0v) is 25.9. The molecule has 0 unspecified atom stereocenters. The van der Waals surface area contributed by atoms with Crippen molar-refractivity contribution in [1.29, 1.82) is 0 Å². The van der Waals surface area contributed by atoms with Gasteiger partial charge in [-0.15, -0.1) is 0 Å². The lowest BCUT2D eigenvalue weighted by Gasteiger charge is -2.43. The van der Waals surface area contributed by atoms with Crippen molar-refractivity contribution in [2.45, 2.75) is 96.3 Å². The van der Waals surface area contributed by atoms with Crippen LogP contribution in [-0.2, 0) is 26.7 Å². The second kappa shape index (κ2) is 12.2. The largest absolute Gasteiger partial charge is 0.478 e. The van der Waals surface area contributed by atoms with Crippen LogP contribution in [-0.4, -0.2) is 69.3 Å². The minimum atomic E-state index is -5.92. The van der Waals surface area contributed by atoms with Gasteiger partial charge in [-0.3, -0.25) is 0 Å². The summed E-state index contributed by atoms with van der Waals surface area (Å²) in [6.07, 6.45) is -16.5. The molecular formula is C19H36F6O7Si4. The van der Waals surface area contributed by atoms with Crippen LogP contribution in [0, 0.1) is 0 Å². The highest BCUT2D eigenvalue weighted by Gasteiger charge is 2.60. The van der Waals surface area contributed by atoms with Crippen LogP contribution in [0.15, 0.2) is 11.6 Å². The van der Waals surface area contributed by atoms with E-state index in [0.717, 1.165) is 0 Å². The SMILES string of the molecule is C[Si](C)(C)O[Si](CCCC(=CC(=O)O)C(=O)OC(C(F)(F)F)C(F)(F)F)(O[Si](C)(C)C)O[Si](C)(C)C. The molecule has 7 nitrogen and oxygen atoms in total. The van der Waals surface area contributed by atoms with Gasteiger partial charge in [-0.2, -0.15) is 26.3 Å². The zero-order chi connectivity index (χ0) is 29.0. The van der Waals surface area contributed by atoms with E-state index in [2.05, 4.69) is 4.74 Å². The summed E-state index contributed by atoms with van der Waals surface area (Å²) in [6, 6.07) is 0.0814. The number of alkyl halides is 6. The monoisotopic (exact) mass is 602 g/mol. The molecule has 0 bridgehead atoms. The fourth-order valence-electron chi connectivity index (χ4n) is 2.99. The van der Waals surface area contributed by atoms with Gasteiger partial charge in [0.2, 0.25) is 0 Å². The van der Waals surface area contributed by atoms with Crippen LogP contribution >= 0.6 is 0 Å². The Bertz CT molecular complexity index is 742. The molecule has 0 saturated heterocycles. The molecule has 0 spiro atoms. The van der Waals surface area contributed by atoms with E-state index < -0.39 is 76.1 Å². The first-order valence-corrected chi connectivity index (χ1v) is 23.2. The summed E-state index contributed by atoms with van der Waals surface area (Å²) in [6.45, 7) is 17.2. The van der Waals surface area contributed by atoms with Crippen molar-refractivity contribution in [2.24, 2.45) is 0 Å². The molecule has 0 aromatic carbocycles. The molecule has 1 N–H and O–H groups in total. The summed E-state index contributed by atoms with van der Waals surface area (Å²) in [4.78, 5) is 23.3. The summed E-state index contributed by atoms with van der Waals surface area (Å²) in [5.74, 6) is -3.75. The Morgan fingerprint density at radius 2 is 1.14 bits per heavy atom. The van der Waals surface area contributed by atoms with Gasteiger partial charge in [0.05, 0.1) is 0 Å². The molecule has 0 saturated carbocycles. The van der Waals surface area contributed by atoms with Crippen LogP contribution < -0.4 is 0 Å². The van der Waals surface area contributed by atoms with Crippen LogP contribution in [0.25, 0.3) is 0 Å². The molecular weight excluding hydrogens is 567 g/mol. The first-order valence-electron chi connectivity index (χ1n) is 11.0. The fraction of sp³-hybridized carbons (Fsp3) is 0.789. The molecule has 17 heteroatoms. The van der Waals surface area contributed by atoms with Gasteiger partial charge in [-0.1, -0.05) is 0 Å². The summed E-state index contributed by atoms with van der Waals surface area (Å²) < 4.78 is 99.8. The lowest BCUT2D eigenvalue weighted by atomic mass is 10.1. The van der Waals surface area contributed by atoms with Crippen LogP contribution in [0.5, 0.6) is 0 Å². The zero-order valence-electron chi connectivity index (χ0n) is 21.9. The number of ether oxygens (including phenoxy) is 1. The van der Waals surface area contributed by atoms with Crippen molar-refractivity contribution in [1.82, 2.24) is 0 Å². The van der Waals surface area contributed by atoms with E-state index in [1.807, 2.05) is 58.9 Å². The summed E-state index contributed by atoms with van der Waals surface area (Å²) in [5.41, 5.74) is -0.849. The standard InChI is InChI=1S/C19H36F6O7Si4/c1-33(2,3)30-36(31-34(4,5)6,32-35(7,8)9)12-10-11-14(13-15(26)27)16(28)29-17(18(20,21)22)19(23,24)25/h13,17H,10-12H2,1-9H3,(H,26,27). The van der Waals surface area contributed by atoms with Crippen molar-refractivity contribution in [3.8, 4) is 0 Å². The van der Waals surface area contributed by atoms with E-state index in [9.17, 15) is 35.9 Å². The molecule has 0 aliphatic carbocycles. The van der Waals surface area contributed by atoms with Crippen LogP contribution in [0.4, 0.5) is 26.3 Å². The Morgan fingerprint density at radius 1 is 0.778 bits per heavy atom. The first-order chi connectivity index (χ1) is 15.7. The normalized spacial score (nSPS) is 14.8. The molecule has 0 aromatic heterocycles. The van der Waals surface area contributed by atoms with E-state index in [-0.39, 0.29) is 18.5 Å². The van der Waals surface area contributed by atoms with Crippen LogP contribution in [0.1, 0.15) is 12.8 Å². The van der Waals surface area contributed by atoms with Crippen LogP contribution in [0.3, 0.4) is 0 Å². The van der Waals surface area contributed by atoms with Gasteiger partial charge < -0.3 is 22.2 Å². The molecule has 0 amide bonds. The Labute approximate surface area is 211 Å². The quantitative estimate of drug-likeness (QED) is 0.114. The number of carboxylic acids is 1. The van der Waals surface area contributed by atoms with E-state index in [0.29, 0.717) is 0 Å². The van der Waals surface area contributed by atoms with Gasteiger partial charge >= 0.3 is 33.1 Å². The lowest BCUT2D eigenvalue weighted by Crippen LogP contribution is -2.60. The maximum Gasteiger partial charge on any atom is 0.469 e. The smallest absolute Gasteiger partial charge is 0.469 e. The average molecular weight is 603 g/mol. The molecule has 0 aromatic rings. The van der Waals surface area contributed by atoms with Gasteiger partial charge in [0.15, 0.2) is 25.0 Å². The molecule has 212 valence electrons. The Morgan fingerprint density at radius 3 is 1.42 bits per heavy atom. The highest BCUT2D eigenvalue weighted by Crippen LogP contribution is 2.37. The number of aliphatic carboxylic acids is 1. The molecule has 36 heavy (non-hydrogen) atoms. The van der Waals surface area contributed by atoms with Crippen molar-refractivity contribution in [3.63, 3.8) is 0 Å². The number of hydrogen-bond acceptors (Lipinski definition) is 6. The van der Waals surface area contributed by atoms with Crippen molar-refractivity contribution < 1.29 is 58.1 Å². The first kappa shape index (κ1) is 35.0. The summed E-state index contributed by atoms with van der Waals surface area (Å²) >= 11 is 0. The summed E-state index contributed by atoms with van der Waals surface area (Å²) in [7, 11) is -10.3. The van der Waals surface area contributed by atoms with Crippen molar-refractivity contribution >= 4 is 45.7 Å². The number of carboxylic acid groups (broad SMARTS) is 1. The van der Waals surface area contributed by atoms with Gasteiger partial charge in [-0.05, 0) is 71.8 Å². The highest BCUT2D eigenvalue weighted by molar-refractivity contribution is 6.90. The number of rotatable bonds is 13. The molecule has 0 fully saturated rings. The third-order valence-corrected chi connectivity index (χ3v) is 15.7. The van der Waals surface area contributed by atoms with Crippen molar-refractivity contribution in [3.05, 3.63) is 11.6 Å². The van der Waals surface area contributed by atoms with Gasteiger partial charge in [0.1, 0.15) is 0 Å². The Hall–Kier alpha value is -0.992. The second-order valence-electron chi connectivity index (χ2n) is 11.1. The fourth-order valence-corrected chi connectivity index (χ4v) is 17.7. The lowest BCUT2D eigenvalue weighted by molar-refractivity contribution is -0.312. The number of hydrogen-bond donors (Lipinski definition) is 1.